The molecule has 7 nitrogen and oxygen atoms in total. The molecule has 140 valence electrons. The summed E-state index contributed by atoms with van der Waals surface area (Å²) in [7, 11) is 1.54. The fraction of sp³-hybridized carbons (Fsp3) is 0.250. The number of ether oxygens (including phenoxy) is 2. The van der Waals surface area contributed by atoms with Crippen molar-refractivity contribution < 1.29 is 23.9 Å². The van der Waals surface area contributed by atoms with Crippen molar-refractivity contribution in [2.24, 2.45) is 0 Å². The number of nitrogens with one attached hydrogen (secondary N) is 1. The number of nitrogens with zero attached hydrogens (tertiary/aromatic N) is 1. The highest BCUT2D eigenvalue weighted by molar-refractivity contribution is 6.00. The van der Waals surface area contributed by atoms with Crippen molar-refractivity contribution in [1.82, 2.24) is 0 Å². The lowest BCUT2D eigenvalue weighted by Crippen LogP contribution is -2.23. The smallest absolute Gasteiger partial charge is 0.414 e. The fourth-order valence-electron chi connectivity index (χ4n) is 2.74. The first-order valence-corrected chi connectivity index (χ1v) is 8.58. The van der Waals surface area contributed by atoms with Gasteiger partial charge in [0.05, 0.1) is 13.7 Å². The lowest BCUT2D eigenvalue weighted by molar-refractivity contribution is -0.116. The minimum Gasteiger partial charge on any atom is -0.497 e. The lowest BCUT2D eigenvalue weighted by atomic mass is 10.1. The molecule has 0 unspecified atom stereocenters. The van der Waals surface area contributed by atoms with Crippen LogP contribution < -0.4 is 15.0 Å². The molecule has 7 heteroatoms. The molecule has 2 amide bonds. The number of anilines is 2. The van der Waals surface area contributed by atoms with Crippen molar-refractivity contribution in [3.05, 3.63) is 54.1 Å². The van der Waals surface area contributed by atoms with Crippen LogP contribution in [-0.4, -0.2) is 38.0 Å². The SMILES string of the molecule is COc1cccc(C(=O)CCC(=O)Nc2ccc(N3CCOC3=O)cc2)c1. The molecule has 0 aliphatic carbocycles. The average molecular weight is 368 g/mol. The maximum atomic E-state index is 12.2. The number of hydrogen-bond donors (Lipinski definition) is 1. The zero-order chi connectivity index (χ0) is 19.2. The van der Waals surface area contributed by atoms with Crippen LogP contribution in [0.1, 0.15) is 23.2 Å². The van der Waals surface area contributed by atoms with Gasteiger partial charge in [0.2, 0.25) is 5.91 Å². The largest absolute Gasteiger partial charge is 0.497 e. The van der Waals surface area contributed by atoms with Crippen LogP contribution in [0.5, 0.6) is 5.75 Å². The van der Waals surface area contributed by atoms with Gasteiger partial charge in [-0.25, -0.2) is 4.79 Å². The van der Waals surface area contributed by atoms with E-state index in [1.807, 2.05) is 0 Å². The number of carbonyl (C=O) groups excluding carboxylic acids is 3. The van der Waals surface area contributed by atoms with E-state index in [9.17, 15) is 14.4 Å². The summed E-state index contributed by atoms with van der Waals surface area (Å²) < 4.78 is 10.00. The van der Waals surface area contributed by atoms with Crippen LogP contribution in [0.15, 0.2) is 48.5 Å². The number of methoxy groups -OCH3 is 1. The minimum atomic E-state index is -0.372. The van der Waals surface area contributed by atoms with Gasteiger partial charge in [-0.05, 0) is 36.4 Å². The number of amides is 2. The normalized spacial score (nSPS) is 13.2. The average Bonchev–Trinajstić information content (AvgIpc) is 3.12. The van der Waals surface area contributed by atoms with Crippen LogP contribution >= 0.6 is 0 Å². The zero-order valence-corrected chi connectivity index (χ0v) is 14.9. The Bertz CT molecular complexity index is 848. The number of ketones is 1. The van der Waals surface area contributed by atoms with E-state index >= 15 is 0 Å². The molecule has 2 aromatic rings. The number of Topliss-reactive ketones (excluding diaryl/α,β-unsaturated/α-hetero) is 1. The van der Waals surface area contributed by atoms with Crippen LogP contribution in [0.2, 0.25) is 0 Å². The molecule has 1 saturated heterocycles. The molecular weight excluding hydrogens is 348 g/mol. The Labute approximate surface area is 156 Å². The molecule has 0 spiro atoms. The highest BCUT2D eigenvalue weighted by Crippen LogP contribution is 2.21. The fourth-order valence-corrected chi connectivity index (χ4v) is 2.74. The summed E-state index contributed by atoms with van der Waals surface area (Å²) >= 11 is 0. The Morgan fingerprint density at radius 2 is 1.93 bits per heavy atom. The maximum absolute atomic E-state index is 12.2. The molecule has 0 bridgehead atoms. The summed E-state index contributed by atoms with van der Waals surface area (Å²) in [5.74, 6) is 0.235. The molecule has 2 aromatic carbocycles. The van der Waals surface area contributed by atoms with Crippen LogP contribution in [0, 0.1) is 0 Å². The second kappa shape index (κ2) is 8.35. The van der Waals surface area contributed by atoms with Crippen LogP contribution in [0.25, 0.3) is 0 Å². The van der Waals surface area contributed by atoms with Gasteiger partial charge in [-0.15, -0.1) is 0 Å². The van der Waals surface area contributed by atoms with Crippen molar-refractivity contribution in [1.29, 1.82) is 0 Å². The Morgan fingerprint density at radius 3 is 2.59 bits per heavy atom. The molecule has 3 rings (SSSR count). The van der Waals surface area contributed by atoms with E-state index in [0.29, 0.717) is 35.8 Å². The van der Waals surface area contributed by atoms with E-state index in [2.05, 4.69) is 5.32 Å². The van der Waals surface area contributed by atoms with E-state index in [4.69, 9.17) is 9.47 Å². The lowest BCUT2D eigenvalue weighted by Gasteiger charge is -2.13. The summed E-state index contributed by atoms with van der Waals surface area (Å²) in [5.41, 5.74) is 1.83. The van der Waals surface area contributed by atoms with Crippen molar-refractivity contribution in [3.8, 4) is 5.75 Å². The molecule has 0 atom stereocenters. The maximum Gasteiger partial charge on any atom is 0.414 e. The molecule has 1 fully saturated rings. The summed E-state index contributed by atoms with van der Waals surface area (Å²) in [6.45, 7) is 0.884. The molecular formula is C20H20N2O5. The number of hydrogen-bond acceptors (Lipinski definition) is 5. The van der Waals surface area contributed by atoms with Crippen molar-refractivity contribution >= 4 is 29.2 Å². The highest BCUT2D eigenvalue weighted by atomic mass is 16.6. The summed E-state index contributed by atoms with van der Waals surface area (Å²) in [6.07, 6.45) is -0.185. The topological polar surface area (TPSA) is 84.9 Å². The third-order valence-electron chi connectivity index (χ3n) is 4.19. The number of benzene rings is 2. The molecule has 0 radical (unpaired) electrons. The monoisotopic (exact) mass is 368 g/mol. The van der Waals surface area contributed by atoms with Crippen molar-refractivity contribution in [3.63, 3.8) is 0 Å². The molecule has 27 heavy (non-hydrogen) atoms. The summed E-state index contributed by atoms with van der Waals surface area (Å²) in [6, 6.07) is 13.8. The van der Waals surface area contributed by atoms with Crippen molar-refractivity contribution in [2.75, 3.05) is 30.5 Å². The second-order valence-electron chi connectivity index (χ2n) is 6.02. The Morgan fingerprint density at radius 1 is 1.15 bits per heavy atom. The molecule has 1 aliphatic rings. The van der Waals surface area contributed by atoms with Crippen molar-refractivity contribution in [2.45, 2.75) is 12.8 Å². The van der Waals surface area contributed by atoms with Gasteiger partial charge in [-0.2, -0.15) is 0 Å². The third-order valence-corrected chi connectivity index (χ3v) is 4.19. The third kappa shape index (κ3) is 4.63. The molecule has 1 heterocycles. The van der Waals surface area contributed by atoms with E-state index in [0.717, 1.165) is 0 Å². The molecule has 1 aliphatic heterocycles. The predicted molar refractivity (Wildman–Crippen MR) is 100 cm³/mol. The highest BCUT2D eigenvalue weighted by Gasteiger charge is 2.23. The summed E-state index contributed by atoms with van der Waals surface area (Å²) in [5, 5.41) is 2.75. The van der Waals surface area contributed by atoms with E-state index in [-0.39, 0.29) is 30.6 Å². The predicted octanol–water partition coefficient (Wildman–Crippen LogP) is 3.25. The van der Waals surface area contributed by atoms with E-state index in [1.165, 1.54) is 12.0 Å². The van der Waals surface area contributed by atoms with E-state index < -0.39 is 0 Å². The van der Waals surface area contributed by atoms with Gasteiger partial charge in [0.15, 0.2) is 5.78 Å². The Balaban J connectivity index is 1.51. The van der Waals surface area contributed by atoms with Gasteiger partial charge in [0.25, 0.3) is 0 Å². The first-order valence-electron chi connectivity index (χ1n) is 8.58. The summed E-state index contributed by atoms with van der Waals surface area (Å²) in [4.78, 5) is 37.4. The van der Waals surface area contributed by atoms with Gasteiger partial charge in [-0.1, -0.05) is 12.1 Å². The number of carbonyl (C=O) groups is 3. The van der Waals surface area contributed by atoms with E-state index in [1.54, 1.807) is 48.5 Å². The number of rotatable bonds is 7. The molecule has 1 N–H and O–H groups in total. The molecule has 0 aromatic heterocycles. The molecule has 0 saturated carbocycles. The zero-order valence-electron chi connectivity index (χ0n) is 14.9. The van der Waals surface area contributed by atoms with Gasteiger partial charge < -0.3 is 14.8 Å². The van der Waals surface area contributed by atoms with Gasteiger partial charge in [0.1, 0.15) is 12.4 Å². The minimum absolute atomic E-state index is 0.0796. The number of cyclic esters (lactones) is 1. The Hall–Kier alpha value is -3.35. The van der Waals surface area contributed by atoms with Gasteiger partial charge in [0, 0.05) is 29.8 Å². The quantitative estimate of drug-likeness (QED) is 0.758. The van der Waals surface area contributed by atoms with Crippen LogP contribution in [0.4, 0.5) is 16.2 Å². The first-order chi connectivity index (χ1) is 13.1. The van der Waals surface area contributed by atoms with Crippen LogP contribution in [-0.2, 0) is 9.53 Å². The second-order valence-corrected chi connectivity index (χ2v) is 6.02. The Kier molecular flexibility index (Phi) is 5.71. The standard InChI is InChI=1S/C20H20N2O5/c1-26-17-4-2-3-14(13-17)18(23)9-10-19(24)21-15-5-7-16(8-6-15)22-11-12-27-20(22)25/h2-8,13H,9-12H2,1H3,(H,21,24). The van der Waals surface area contributed by atoms with Crippen LogP contribution in [0.3, 0.4) is 0 Å². The first kappa shape index (κ1) is 18.4. The van der Waals surface area contributed by atoms with Gasteiger partial charge >= 0.3 is 6.09 Å². The van der Waals surface area contributed by atoms with Gasteiger partial charge in [-0.3, -0.25) is 14.5 Å².